The van der Waals surface area contributed by atoms with Gasteiger partial charge in [-0.25, -0.2) is 0 Å². The summed E-state index contributed by atoms with van der Waals surface area (Å²) < 4.78 is 0. The second kappa shape index (κ2) is 7.63. The topological polar surface area (TPSA) is 23.6 Å². The van der Waals surface area contributed by atoms with Crippen LogP contribution < -0.4 is 0 Å². The van der Waals surface area contributed by atoms with Gasteiger partial charge in [-0.2, -0.15) is 0 Å². The van der Waals surface area contributed by atoms with E-state index < -0.39 is 0 Å². The first-order valence-corrected chi connectivity index (χ1v) is 9.89. The van der Waals surface area contributed by atoms with Crippen molar-refractivity contribution in [3.8, 4) is 0 Å². The number of carbonyl (C=O) groups excluding carboxylic acids is 1. The average Bonchev–Trinajstić information content (AvgIpc) is 2.95. The zero-order valence-corrected chi connectivity index (χ0v) is 15.6. The Kier molecular flexibility index (Phi) is 5.07. The van der Waals surface area contributed by atoms with Crippen molar-refractivity contribution in [3.05, 3.63) is 71.8 Å². The molecule has 3 nitrogen and oxygen atoms in total. The van der Waals surface area contributed by atoms with Gasteiger partial charge in [-0.3, -0.25) is 9.69 Å². The molecule has 2 heterocycles. The van der Waals surface area contributed by atoms with Gasteiger partial charge in [0.05, 0.1) is 5.92 Å². The Hall–Kier alpha value is -2.13. The van der Waals surface area contributed by atoms with E-state index in [1.54, 1.807) is 0 Å². The van der Waals surface area contributed by atoms with Crippen LogP contribution in [0.2, 0.25) is 0 Å². The molecular formula is C23H28N2O. The van der Waals surface area contributed by atoms with Crippen LogP contribution in [0.1, 0.15) is 43.2 Å². The molecule has 3 atom stereocenters. The van der Waals surface area contributed by atoms with E-state index in [1.807, 2.05) is 18.2 Å². The summed E-state index contributed by atoms with van der Waals surface area (Å²) in [5.74, 6) is 0.338. The minimum atomic E-state index is -0.0000247. The highest BCUT2D eigenvalue weighted by Gasteiger charge is 2.44. The SMILES string of the molecule is CCC(C(=O)N1C2CCC1CN(Cc1ccccc1)C2)c1ccccc1. The number of fused-ring (bicyclic) bond motifs is 2. The van der Waals surface area contributed by atoms with Crippen LogP contribution >= 0.6 is 0 Å². The normalized spacial score (nSPS) is 23.8. The summed E-state index contributed by atoms with van der Waals surface area (Å²) >= 11 is 0. The Bertz CT molecular complexity index is 716. The van der Waals surface area contributed by atoms with E-state index in [9.17, 15) is 4.79 Å². The molecule has 2 aliphatic heterocycles. The van der Waals surface area contributed by atoms with Crippen LogP contribution in [-0.2, 0) is 11.3 Å². The molecule has 0 aliphatic carbocycles. The molecule has 2 aliphatic rings. The molecule has 2 aromatic carbocycles. The van der Waals surface area contributed by atoms with Gasteiger partial charge in [0.15, 0.2) is 0 Å². The van der Waals surface area contributed by atoms with Gasteiger partial charge >= 0.3 is 0 Å². The van der Waals surface area contributed by atoms with Crippen LogP contribution in [0.5, 0.6) is 0 Å². The van der Waals surface area contributed by atoms with Crippen molar-refractivity contribution in [2.45, 2.75) is 50.7 Å². The fraction of sp³-hybridized carbons (Fsp3) is 0.435. The lowest BCUT2D eigenvalue weighted by Gasteiger charge is -2.42. The summed E-state index contributed by atoms with van der Waals surface area (Å²) in [6.45, 7) is 5.12. The number of hydrogen-bond donors (Lipinski definition) is 0. The van der Waals surface area contributed by atoms with E-state index in [-0.39, 0.29) is 5.92 Å². The van der Waals surface area contributed by atoms with Gasteiger partial charge in [0.25, 0.3) is 0 Å². The van der Waals surface area contributed by atoms with E-state index in [4.69, 9.17) is 0 Å². The number of amides is 1. The van der Waals surface area contributed by atoms with Crippen LogP contribution in [0.4, 0.5) is 0 Å². The lowest BCUT2D eigenvalue weighted by Crippen LogP contribution is -2.56. The molecular weight excluding hydrogens is 320 g/mol. The summed E-state index contributed by atoms with van der Waals surface area (Å²) in [6, 6.07) is 21.7. The maximum absolute atomic E-state index is 13.4. The fourth-order valence-electron chi connectivity index (χ4n) is 4.74. The lowest BCUT2D eigenvalue weighted by atomic mass is 9.94. The van der Waals surface area contributed by atoms with E-state index in [1.165, 1.54) is 5.56 Å². The highest BCUT2D eigenvalue weighted by Crippen LogP contribution is 2.34. The van der Waals surface area contributed by atoms with Crippen molar-refractivity contribution >= 4 is 5.91 Å². The second-order valence-corrected chi connectivity index (χ2v) is 7.68. The predicted molar refractivity (Wildman–Crippen MR) is 105 cm³/mol. The molecule has 0 spiro atoms. The van der Waals surface area contributed by atoms with Gasteiger partial charge in [0.2, 0.25) is 5.91 Å². The predicted octanol–water partition coefficient (Wildman–Crippen LogP) is 4.06. The highest BCUT2D eigenvalue weighted by atomic mass is 16.2. The van der Waals surface area contributed by atoms with Gasteiger partial charge < -0.3 is 4.90 Å². The first-order chi connectivity index (χ1) is 12.8. The van der Waals surface area contributed by atoms with Crippen LogP contribution in [0.3, 0.4) is 0 Å². The Morgan fingerprint density at radius 3 is 2.12 bits per heavy atom. The molecule has 0 N–H and O–H groups in total. The van der Waals surface area contributed by atoms with Crippen LogP contribution in [0, 0.1) is 0 Å². The monoisotopic (exact) mass is 348 g/mol. The summed E-state index contributed by atoms with van der Waals surface area (Å²) in [4.78, 5) is 18.1. The first-order valence-electron chi connectivity index (χ1n) is 9.89. The zero-order valence-electron chi connectivity index (χ0n) is 15.6. The Morgan fingerprint density at radius 2 is 1.54 bits per heavy atom. The standard InChI is InChI=1S/C23H28N2O/c1-2-22(19-11-7-4-8-12-19)23(26)25-20-13-14-21(25)17-24(16-20)15-18-9-5-3-6-10-18/h3-12,20-22H,2,13-17H2,1H3. The van der Waals surface area contributed by atoms with Crippen molar-refractivity contribution in [3.63, 3.8) is 0 Å². The third kappa shape index (κ3) is 3.41. The van der Waals surface area contributed by atoms with Gasteiger partial charge in [-0.05, 0) is 30.4 Å². The molecule has 136 valence electrons. The number of benzene rings is 2. The molecule has 3 unspecified atom stereocenters. The first kappa shape index (κ1) is 17.3. The summed E-state index contributed by atoms with van der Waals surface area (Å²) in [5.41, 5.74) is 2.52. The van der Waals surface area contributed by atoms with Crippen molar-refractivity contribution in [1.29, 1.82) is 0 Å². The van der Waals surface area contributed by atoms with Crippen molar-refractivity contribution < 1.29 is 4.79 Å². The zero-order chi connectivity index (χ0) is 17.9. The van der Waals surface area contributed by atoms with Crippen molar-refractivity contribution in [2.24, 2.45) is 0 Å². The van der Waals surface area contributed by atoms with Crippen molar-refractivity contribution in [1.82, 2.24) is 9.80 Å². The average molecular weight is 348 g/mol. The molecule has 2 bridgehead atoms. The highest BCUT2D eigenvalue weighted by molar-refractivity contribution is 5.84. The summed E-state index contributed by atoms with van der Waals surface area (Å²) in [5, 5.41) is 0. The molecule has 0 radical (unpaired) electrons. The lowest BCUT2D eigenvalue weighted by molar-refractivity contribution is -0.138. The molecule has 0 saturated carbocycles. The number of rotatable bonds is 5. The van der Waals surface area contributed by atoms with E-state index in [0.29, 0.717) is 18.0 Å². The smallest absolute Gasteiger partial charge is 0.230 e. The molecule has 2 fully saturated rings. The number of nitrogens with zero attached hydrogens (tertiary/aromatic N) is 2. The fourth-order valence-corrected chi connectivity index (χ4v) is 4.74. The number of likely N-dealkylation sites (tertiary alicyclic amines) is 1. The van der Waals surface area contributed by atoms with Crippen LogP contribution in [-0.4, -0.2) is 40.9 Å². The van der Waals surface area contributed by atoms with Gasteiger partial charge in [-0.15, -0.1) is 0 Å². The minimum absolute atomic E-state index is 0.0000247. The quantitative estimate of drug-likeness (QED) is 0.814. The molecule has 1 amide bonds. The van der Waals surface area contributed by atoms with E-state index in [2.05, 4.69) is 59.2 Å². The molecule has 2 aromatic rings. The molecule has 2 saturated heterocycles. The molecule has 0 aromatic heterocycles. The Labute approximate surface area is 156 Å². The van der Waals surface area contributed by atoms with Gasteiger partial charge in [0.1, 0.15) is 0 Å². The van der Waals surface area contributed by atoms with Gasteiger partial charge in [0, 0.05) is 31.7 Å². The number of carbonyl (C=O) groups is 1. The van der Waals surface area contributed by atoms with E-state index >= 15 is 0 Å². The Morgan fingerprint density at radius 1 is 0.962 bits per heavy atom. The molecule has 3 heteroatoms. The van der Waals surface area contributed by atoms with Crippen LogP contribution in [0.15, 0.2) is 60.7 Å². The third-order valence-electron chi connectivity index (χ3n) is 5.97. The van der Waals surface area contributed by atoms with E-state index in [0.717, 1.165) is 44.5 Å². The minimum Gasteiger partial charge on any atom is -0.334 e. The molecule has 4 rings (SSSR count). The maximum atomic E-state index is 13.4. The molecule has 26 heavy (non-hydrogen) atoms. The number of piperazine rings is 1. The maximum Gasteiger partial charge on any atom is 0.230 e. The van der Waals surface area contributed by atoms with Crippen LogP contribution in [0.25, 0.3) is 0 Å². The number of hydrogen-bond acceptors (Lipinski definition) is 2. The third-order valence-corrected chi connectivity index (χ3v) is 5.97. The largest absolute Gasteiger partial charge is 0.334 e. The summed E-state index contributed by atoms with van der Waals surface area (Å²) in [6.07, 6.45) is 3.16. The van der Waals surface area contributed by atoms with Gasteiger partial charge in [-0.1, -0.05) is 67.6 Å². The Balaban J connectivity index is 1.47. The van der Waals surface area contributed by atoms with Crippen molar-refractivity contribution in [2.75, 3.05) is 13.1 Å². The summed E-state index contributed by atoms with van der Waals surface area (Å²) in [7, 11) is 0. The second-order valence-electron chi connectivity index (χ2n) is 7.68.